The van der Waals surface area contributed by atoms with E-state index in [2.05, 4.69) is 5.92 Å². The number of aromatic carboxylic acids is 1. The molecule has 0 spiro atoms. The van der Waals surface area contributed by atoms with Crippen LogP contribution >= 0.6 is 0 Å². The predicted octanol–water partition coefficient (Wildman–Crippen LogP) is 1.82. The molecule has 0 bridgehead atoms. The van der Waals surface area contributed by atoms with Crippen molar-refractivity contribution in [1.82, 2.24) is 0 Å². The number of carboxylic acids is 1. The van der Waals surface area contributed by atoms with E-state index in [0.717, 1.165) is 6.42 Å². The molecule has 1 aromatic rings. The number of rotatable bonds is 1. The smallest absolute Gasteiger partial charge is 0.339 e. The molecule has 15 heavy (non-hydrogen) atoms. The van der Waals surface area contributed by atoms with Gasteiger partial charge in [-0.15, -0.1) is 0 Å². The van der Waals surface area contributed by atoms with Gasteiger partial charge in [0.25, 0.3) is 0 Å². The van der Waals surface area contributed by atoms with E-state index in [1.54, 1.807) is 18.2 Å². The number of benzene rings is 1. The van der Waals surface area contributed by atoms with Crippen molar-refractivity contribution in [2.45, 2.75) is 13.3 Å². The first-order chi connectivity index (χ1) is 7.13. The summed E-state index contributed by atoms with van der Waals surface area (Å²) in [5, 5.41) is 25.0. The maximum atomic E-state index is 10.3. The Morgan fingerprint density at radius 3 is 2.27 bits per heavy atom. The fraction of sp³-hybridized carbons (Fsp3) is 0.182. The highest BCUT2D eigenvalue weighted by atomic mass is 16.4. The van der Waals surface area contributed by atoms with Crippen LogP contribution in [0, 0.1) is 12.0 Å². The molecule has 80 valence electrons. The summed E-state index contributed by atoms with van der Waals surface area (Å²) in [6.45, 7) is 1.88. The predicted molar refractivity (Wildman–Crippen MR) is 55.1 cm³/mol. The third-order valence-corrected chi connectivity index (χ3v) is 1.39. The summed E-state index contributed by atoms with van der Waals surface area (Å²) in [7, 11) is 0. The minimum absolute atomic E-state index is 0.0671. The molecule has 0 saturated carbocycles. The zero-order valence-corrected chi connectivity index (χ0v) is 8.27. The van der Waals surface area contributed by atoms with Gasteiger partial charge >= 0.3 is 5.97 Å². The molecule has 0 aromatic heterocycles. The van der Waals surface area contributed by atoms with Gasteiger partial charge in [0.15, 0.2) is 0 Å². The molecule has 0 unspecified atom stereocenters. The first kappa shape index (κ1) is 12.8. The summed E-state index contributed by atoms with van der Waals surface area (Å²) in [6, 6.07) is 5.81. The lowest BCUT2D eigenvalue weighted by Gasteiger charge is -1.95. The zero-order chi connectivity index (χ0) is 11.7. The number of hydrogen-bond acceptors (Lipinski definition) is 3. The molecule has 0 saturated heterocycles. The molecular weight excluding hydrogens is 196 g/mol. The second kappa shape index (κ2) is 7.27. The van der Waals surface area contributed by atoms with Crippen LogP contribution in [0.2, 0.25) is 0 Å². The highest BCUT2D eigenvalue weighted by Crippen LogP contribution is 2.14. The average Bonchev–Trinajstić information content (AvgIpc) is 2.20. The van der Waals surface area contributed by atoms with Gasteiger partial charge in [0.05, 0.1) is 0 Å². The van der Waals surface area contributed by atoms with Crippen molar-refractivity contribution in [2.24, 2.45) is 0 Å². The summed E-state index contributed by atoms with van der Waals surface area (Å²) in [4.78, 5) is 10.3. The summed E-state index contributed by atoms with van der Waals surface area (Å²) in [6.07, 6.45) is 2.50. The van der Waals surface area contributed by atoms with Gasteiger partial charge in [0.1, 0.15) is 17.4 Å². The number of phenols is 1. The van der Waals surface area contributed by atoms with Crippen LogP contribution in [-0.2, 0) is 0 Å². The van der Waals surface area contributed by atoms with E-state index in [1.807, 2.05) is 6.92 Å². The molecular formula is C11H12O4. The number of aromatic hydroxyl groups is 1. The van der Waals surface area contributed by atoms with Crippen LogP contribution in [0.15, 0.2) is 24.3 Å². The standard InChI is InChI=1S/C7H6O3.C4H6O/c8-6-4-2-1-3-5(6)7(9)10;1-2-3-4-5/h1-4,8H,(H,9,10);5H,2H2,1H3. The molecule has 1 rings (SSSR count). The van der Waals surface area contributed by atoms with E-state index < -0.39 is 5.97 Å². The van der Waals surface area contributed by atoms with Crippen LogP contribution in [-0.4, -0.2) is 21.3 Å². The average molecular weight is 208 g/mol. The molecule has 0 aliphatic heterocycles. The normalized spacial score (nSPS) is 7.80. The van der Waals surface area contributed by atoms with Crippen LogP contribution in [0.5, 0.6) is 5.75 Å². The Hall–Kier alpha value is -2.15. The van der Waals surface area contributed by atoms with Crippen molar-refractivity contribution in [3.05, 3.63) is 29.8 Å². The van der Waals surface area contributed by atoms with Crippen LogP contribution < -0.4 is 0 Å². The maximum Gasteiger partial charge on any atom is 0.339 e. The van der Waals surface area contributed by atoms with E-state index >= 15 is 0 Å². The first-order valence-corrected chi connectivity index (χ1v) is 4.26. The van der Waals surface area contributed by atoms with Gasteiger partial charge in [0, 0.05) is 6.42 Å². The highest BCUT2D eigenvalue weighted by molar-refractivity contribution is 5.90. The third-order valence-electron chi connectivity index (χ3n) is 1.39. The first-order valence-electron chi connectivity index (χ1n) is 4.26. The lowest BCUT2D eigenvalue weighted by molar-refractivity contribution is 0.0693. The monoisotopic (exact) mass is 208 g/mol. The topological polar surface area (TPSA) is 77.8 Å². The van der Waals surface area contributed by atoms with Gasteiger partial charge in [-0.05, 0) is 12.1 Å². The van der Waals surface area contributed by atoms with Gasteiger partial charge < -0.3 is 15.3 Å². The van der Waals surface area contributed by atoms with Crippen molar-refractivity contribution in [1.29, 1.82) is 0 Å². The van der Waals surface area contributed by atoms with Gasteiger partial charge in [-0.25, -0.2) is 4.79 Å². The molecule has 0 aliphatic rings. The third kappa shape index (κ3) is 5.21. The number of carboxylic acid groups (broad SMARTS) is 1. The van der Waals surface area contributed by atoms with Gasteiger partial charge in [0.2, 0.25) is 0 Å². The largest absolute Gasteiger partial charge is 0.507 e. The summed E-state index contributed by atoms with van der Waals surface area (Å²) in [5.74, 6) is 1.10. The van der Waals surface area contributed by atoms with Gasteiger partial charge in [-0.1, -0.05) is 25.0 Å². The molecule has 3 N–H and O–H groups in total. The zero-order valence-electron chi connectivity index (χ0n) is 8.27. The maximum absolute atomic E-state index is 10.3. The fourth-order valence-corrected chi connectivity index (χ4v) is 0.734. The summed E-state index contributed by atoms with van der Waals surface area (Å²) >= 11 is 0. The number of aliphatic hydroxyl groups is 1. The van der Waals surface area contributed by atoms with Crippen molar-refractivity contribution in [2.75, 3.05) is 0 Å². The van der Waals surface area contributed by atoms with E-state index in [4.69, 9.17) is 15.3 Å². The fourth-order valence-electron chi connectivity index (χ4n) is 0.734. The minimum Gasteiger partial charge on any atom is -0.507 e. The Balaban J connectivity index is 0.000000336. The Bertz CT molecular complexity index is 374. The van der Waals surface area contributed by atoms with Crippen molar-refractivity contribution < 1.29 is 20.1 Å². The molecule has 0 aliphatic carbocycles. The molecule has 4 heteroatoms. The Labute approximate surface area is 87.8 Å². The van der Waals surface area contributed by atoms with Crippen LogP contribution in [0.25, 0.3) is 0 Å². The van der Waals surface area contributed by atoms with E-state index in [1.165, 1.54) is 12.1 Å². The molecule has 0 amide bonds. The van der Waals surface area contributed by atoms with Crippen LogP contribution in [0.4, 0.5) is 0 Å². The van der Waals surface area contributed by atoms with E-state index in [-0.39, 0.29) is 11.3 Å². The van der Waals surface area contributed by atoms with Crippen molar-refractivity contribution in [3.63, 3.8) is 0 Å². The Kier molecular flexibility index (Phi) is 6.23. The second-order valence-electron chi connectivity index (χ2n) is 2.46. The van der Waals surface area contributed by atoms with Gasteiger partial charge in [-0.3, -0.25) is 0 Å². The van der Waals surface area contributed by atoms with E-state index in [9.17, 15) is 4.79 Å². The molecule has 0 heterocycles. The quantitative estimate of drug-likeness (QED) is 0.615. The van der Waals surface area contributed by atoms with Crippen LogP contribution in [0.3, 0.4) is 0 Å². The van der Waals surface area contributed by atoms with Crippen molar-refractivity contribution >= 4 is 5.97 Å². The number of hydrogen-bond donors (Lipinski definition) is 3. The lowest BCUT2D eigenvalue weighted by Crippen LogP contribution is -1.95. The molecule has 0 fully saturated rings. The van der Waals surface area contributed by atoms with Crippen molar-refractivity contribution in [3.8, 4) is 17.8 Å². The SMILES string of the molecule is CCC#CO.O=C(O)c1ccccc1O. The highest BCUT2D eigenvalue weighted by Gasteiger charge is 2.05. The Morgan fingerprint density at radius 2 is 2.00 bits per heavy atom. The second-order valence-corrected chi connectivity index (χ2v) is 2.46. The van der Waals surface area contributed by atoms with Crippen LogP contribution in [0.1, 0.15) is 23.7 Å². The summed E-state index contributed by atoms with van der Waals surface area (Å²) in [5.41, 5.74) is -0.0671. The Morgan fingerprint density at radius 1 is 1.40 bits per heavy atom. The molecule has 0 radical (unpaired) electrons. The van der Waals surface area contributed by atoms with E-state index in [0.29, 0.717) is 0 Å². The van der Waals surface area contributed by atoms with Gasteiger partial charge in [-0.2, -0.15) is 0 Å². The molecule has 4 nitrogen and oxygen atoms in total. The number of para-hydroxylation sites is 1. The molecule has 0 atom stereocenters. The minimum atomic E-state index is -1.11. The number of aliphatic hydroxyl groups excluding tert-OH is 1. The number of carbonyl (C=O) groups is 1. The molecule has 1 aromatic carbocycles. The summed E-state index contributed by atoms with van der Waals surface area (Å²) < 4.78 is 0. The lowest BCUT2D eigenvalue weighted by atomic mass is 10.2.